The minimum absolute atomic E-state index is 0.125. The smallest absolute Gasteiger partial charge is 0.193 e. The summed E-state index contributed by atoms with van der Waals surface area (Å²) in [5.74, 6) is 0.269. The second kappa shape index (κ2) is 8.44. The van der Waals surface area contributed by atoms with Gasteiger partial charge in [0.15, 0.2) is 5.78 Å². The quantitative estimate of drug-likeness (QED) is 0.694. The molecule has 2 aromatic rings. The number of ether oxygens (including phenoxy) is 1. The average Bonchev–Trinajstić information content (AvgIpc) is 2.59. The SMILES string of the molecule is CCN(CC)CCOc1ccc(C(=O)c2ccc(F)cc2)cc1. The van der Waals surface area contributed by atoms with Gasteiger partial charge in [-0.2, -0.15) is 0 Å². The summed E-state index contributed by atoms with van der Waals surface area (Å²) in [6, 6.07) is 12.6. The predicted octanol–water partition coefficient (Wildman–Crippen LogP) is 3.78. The molecule has 0 aliphatic rings. The first-order chi connectivity index (χ1) is 11.1. The molecule has 0 N–H and O–H groups in total. The van der Waals surface area contributed by atoms with Crippen LogP contribution in [0.3, 0.4) is 0 Å². The van der Waals surface area contributed by atoms with Gasteiger partial charge in [0, 0.05) is 17.7 Å². The normalized spacial score (nSPS) is 10.8. The van der Waals surface area contributed by atoms with Crippen LogP contribution in [0.2, 0.25) is 0 Å². The van der Waals surface area contributed by atoms with Crippen molar-refractivity contribution in [1.82, 2.24) is 4.90 Å². The van der Waals surface area contributed by atoms with Gasteiger partial charge in [0.1, 0.15) is 18.2 Å². The zero-order valence-electron chi connectivity index (χ0n) is 13.6. The fraction of sp³-hybridized carbons (Fsp3) is 0.316. The van der Waals surface area contributed by atoms with Crippen molar-refractivity contribution in [1.29, 1.82) is 0 Å². The van der Waals surface area contributed by atoms with Gasteiger partial charge in [0.25, 0.3) is 0 Å². The minimum atomic E-state index is -0.349. The Balaban J connectivity index is 1.93. The van der Waals surface area contributed by atoms with E-state index in [1.54, 1.807) is 24.3 Å². The third-order valence-corrected chi connectivity index (χ3v) is 3.79. The van der Waals surface area contributed by atoms with Crippen LogP contribution < -0.4 is 4.74 Å². The van der Waals surface area contributed by atoms with Gasteiger partial charge >= 0.3 is 0 Å². The summed E-state index contributed by atoms with van der Waals surface area (Å²) < 4.78 is 18.6. The molecule has 2 aromatic carbocycles. The molecule has 0 spiro atoms. The second-order valence-corrected chi connectivity index (χ2v) is 5.24. The van der Waals surface area contributed by atoms with Crippen molar-refractivity contribution in [2.75, 3.05) is 26.2 Å². The zero-order chi connectivity index (χ0) is 16.7. The number of hydrogen-bond acceptors (Lipinski definition) is 3. The second-order valence-electron chi connectivity index (χ2n) is 5.24. The first-order valence-corrected chi connectivity index (χ1v) is 7.89. The number of halogens is 1. The molecule has 0 saturated carbocycles. The van der Waals surface area contributed by atoms with E-state index in [0.29, 0.717) is 17.7 Å². The first kappa shape index (κ1) is 17.2. The van der Waals surface area contributed by atoms with Gasteiger partial charge < -0.3 is 9.64 Å². The monoisotopic (exact) mass is 315 g/mol. The predicted molar refractivity (Wildman–Crippen MR) is 89.6 cm³/mol. The van der Waals surface area contributed by atoms with E-state index in [1.807, 2.05) is 0 Å². The van der Waals surface area contributed by atoms with E-state index in [4.69, 9.17) is 4.74 Å². The van der Waals surface area contributed by atoms with E-state index in [0.717, 1.165) is 25.4 Å². The summed E-state index contributed by atoms with van der Waals surface area (Å²) >= 11 is 0. The maximum atomic E-state index is 12.9. The van der Waals surface area contributed by atoms with Crippen molar-refractivity contribution in [3.8, 4) is 5.75 Å². The fourth-order valence-electron chi connectivity index (χ4n) is 2.30. The molecule has 2 rings (SSSR count). The summed E-state index contributed by atoms with van der Waals surface area (Å²) in [6.45, 7) is 7.75. The fourth-order valence-corrected chi connectivity index (χ4v) is 2.30. The molecule has 0 aromatic heterocycles. The highest BCUT2D eigenvalue weighted by molar-refractivity contribution is 6.08. The van der Waals surface area contributed by atoms with Gasteiger partial charge in [-0.3, -0.25) is 4.79 Å². The molecular formula is C19H22FNO2. The maximum Gasteiger partial charge on any atom is 0.193 e. The highest BCUT2D eigenvalue weighted by atomic mass is 19.1. The van der Waals surface area contributed by atoms with E-state index < -0.39 is 0 Å². The summed E-state index contributed by atoms with van der Waals surface area (Å²) in [7, 11) is 0. The molecule has 122 valence electrons. The number of likely N-dealkylation sites (N-methyl/N-ethyl adjacent to an activating group) is 1. The van der Waals surface area contributed by atoms with E-state index in [9.17, 15) is 9.18 Å². The molecule has 0 fully saturated rings. The standard InChI is InChI=1S/C19H22FNO2/c1-3-21(4-2)13-14-23-18-11-7-16(8-12-18)19(22)15-5-9-17(20)10-6-15/h5-12H,3-4,13-14H2,1-2H3. The molecule has 4 heteroatoms. The lowest BCUT2D eigenvalue weighted by atomic mass is 10.0. The van der Waals surface area contributed by atoms with Crippen molar-refractivity contribution in [2.24, 2.45) is 0 Å². The van der Waals surface area contributed by atoms with Crippen LogP contribution in [0, 0.1) is 5.82 Å². The lowest BCUT2D eigenvalue weighted by Gasteiger charge is -2.18. The molecule has 23 heavy (non-hydrogen) atoms. The summed E-state index contributed by atoms with van der Waals surface area (Å²) in [4.78, 5) is 14.6. The number of rotatable bonds is 8. The number of benzene rings is 2. The van der Waals surface area contributed by atoms with Crippen molar-refractivity contribution < 1.29 is 13.9 Å². The Kier molecular flexibility index (Phi) is 6.29. The van der Waals surface area contributed by atoms with Crippen molar-refractivity contribution >= 4 is 5.78 Å². The van der Waals surface area contributed by atoms with Crippen LogP contribution in [0.15, 0.2) is 48.5 Å². The zero-order valence-corrected chi connectivity index (χ0v) is 13.6. The third-order valence-electron chi connectivity index (χ3n) is 3.79. The maximum absolute atomic E-state index is 12.9. The third kappa shape index (κ3) is 4.89. The molecule has 0 aliphatic carbocycles. The van der Waals surface area contributed by atoms with Gasteiger partial charge in [-0.15, -0.1) is 0 Å². The van der Waals surface area contributed by atoms with E-state index >= 15 is 0 Å². The molecule has 0 saturated heterocycles. The number of carbonyl (C=O) groups is 1. The molecule has 0 aliphatic heterocycles. The van der Waals surface area contributed by atoms with Crippen molar-refractivity contribution in [2.45, 2.75) is 13.8 Å². The number of ketones is 1. The first-order valence-electron chi connectivity index (χ1n) is 7.89. The van der Waals surface area contributed by atoms with Gasteiger partial charge in [0.2, 0.25) is 0 Å². The molecule has 0 unspecified atom stereocenters. The Hall–Kier alpha value is -2.20. The highest BCUT2D eigenvalue weighted by Gasteiger charge is 2.09. The number of hydrogen-bond donors (Lipinski definition) is 0. The van der Waals surface area contributed by atoms with Crippen LogP contribution >= 0.6 is 0 Å². The summed E-state index contributed by atoms with van der Waals surface area (Å²) in [6.07, 6.45) is 0. The van der Waals surface area contributed by atoms with Gasteiger partial charge in [-0.05, 0) is 61.6 Å². The van der Waals surface area contributed by atoms with Gasteiger partial charge in [-0.1, -0.05) is 13.8 Å². The van der Waals surface area contributed by atoms with Crippen LogP contribution in [-0.2, 0) is 0 Å². The van der Waals surface area contributed by atoms with Crippen molar-refractivity contribution in [3.05, 3.63) is 65.5 Å². The lowest BCUT2D eigenvalue weighted by molar-refractivity contribution is 0.103. The molecule has 0 amide bonds. The molecule has 0 radical (unpaired) electrons. The minimum Gasteiger partial charge on any atom is -0.492 e. The van der Waals surface area contributed by atoms with Crippen LogP contribution in [0.25, 0.3) is 0 Å². The Morgan fingerprint density at radius 1 is 0.957 bits per heavy atom. The summed E-state index contributed by atoms with van der Waals surface area (Å²) in [5, 5.41) is 0. The van der Waals surface area contributed by atoms with Crippen molar-refractivity contribution in [3.63, 3.8) is 0 Å². The van der Waals surface area contributed by atoms with E-state index in [-0.39, 0.29) is 11.6 Å². The van der Waals surface area contributed by atoms with E-state index in [2.05, 4.69) is 18.7 Å². The molecule has 3 nitrogen and oxygen atoms in total. The molecule has 0 atom stereocenters. The molecular weight excluding hydrogens is 293 g/mol. The molecule has 0 heterocycles. The summed E-state index contributed by atoms with van der Waals surface area (Å²) in [5.41, 5.74) is 1.04. The Morgan fingerprint density at radius 2 is 1.48 bits per heavy atom. The Bertz CT molecular complexity index is 619. The Labute approximate surface area is 136 Å². The van der Waals surface area contributed by atoms with Gasteiger partial charge in [-0.25, -0.2) is 4.39 Å². The van der Waals surface area contributed by atoms with Crippen LogP contribution in [0.1, 0.15) is 29.8 Å². The lowest BCUT2D eigenvalue weighted by Crippen LogP contribution is -2.27. The highest BCUT2D eigenvalue weighted by Crippen LogP contribution is 2.16. The molecule has 0 bridgehead atoms. The largest absolute Gasteiger partial charge is 0.492 e. The van der Waals surface area contributed by atoms with Crippen LogP contribution in [0.4, 0.5) is 4.39 Å². The number of nitrogens with zero attached hydrogens (tertiary/aromatic N) is 1. The topological polar surface area (TPSA) is 29.5 Å². The Morgan fingerprint density at radius 3 is 2.00 bits per heavy atom. The van der Waals surface area contributed by atoms with E-state index in [1.165, 1.54) is 24.3 Å². The van der Waals surface area contributed by atoms with Gasteiger partial charge in [0.05, 0.1) is 0 Å². The average molecular weight is 315 g/mol. The van der Waals surface area contributed by atoms with Crippen LogP contribution in [-0.4, -0.2) is 36.9 Å². The van der Waals surface area contributed by atoms with Crippen LogP contribution in [0.5, 0.6) is 5.75 Å². The number of carbonyl (C=O) groups excluding carboxylic acids is 1.